The minimum absolute atomic E-state index is 0.973. The molecule has 0 rings (SSSR count). The average Bonchev–Trinajstić information content (AvgIpc) is 2.09. The van der Waals surface area contributed by atoms with Crippen LogP contribution in [0.3, 0.4) is 0 Å². The van der Waals surface area contributed by atoms with Crippen LogP contribution in [0.15, 0.2) is 0 Å². The van der Waals surface area contributed by atoms with Crippen LogP contribution in [-0.4, -0.2) is 17.0 Å². The summed E-state index contributed by atoms with van der Waals surface area (Å²) in [5.41, 5.74) is 0. The first-order valence-electron chi connectivity index (χ1n) is 3.35. The normalized spacial score (nSPS) is 9.23. The van der Waals surface area contributed by atoms with E-state index in [1.807, 2.05) is 13.8 Å². The van der Waals surface area contributed by atoms with Gasteiger partial charge in [0.05, 0.1) is 6.07 Å². The minimum Gasteiger partial charge on any atom is -0.480 e. The van der Waals surface area contributed by atoms with Crippen molar-refractivity contribution in [2.45, 2.75) is 13.8 Å². The number of carboxylic acids is 1. The number of carbonyl (C=O) groups is 2. The Labute approximate surface area is 75.0 Å². The Morgan fingerprint density at radius 2 is 1.85 bits per heavy atom. The second-order valence-corrected chi connectivity index (χ2v) is 1.41. The SMILES string of the molecule is CC.N#COC(=O)C(C#N)C(=O)O. The second-order valence-electron chi connectivity index (χ2n) is 1.41. The van der Waals surface area contributed by atoms with Crippen molar-refractivity contribution in [3.05, 3.63) is 0 Å². The van der Waals surface area contributed by atoms with E-state index >= 15 is 0 Å². The molecule has 0 spiro atoms. The molecule has 13 heavy (non-hydrogen) atoms. The van der Waals surface area contributed by atoms with Crippen LogP contribution in [0.5, 0.6) is 0 Å². The summed E-state index contributed by atoms with van der Waals surface area (Å²) < 4.78 is 3.62. The second kappa shape index (κ2) is 8.02. The van der Waals surface area contributed by atoms with Crippen molar-refractivity contribution in [2.75, 3.05) is 0 Å². The Kier molecular flexibility index (Phi) is 8.33. The summed E-state index contributed by atoms with van der Waals surface area (Å²) in [5, 5.41) is 24.0. The molecule has 0 radical (unpaired) electrons. The van der Waals surface area contributed by atoms with E-state index in [-0.39, 0.29) is 0 Å². The number of hydrogen-bond donors (Lipinski definition) is 1. The number of ether oxygens (including phenoxy) is 1. The summed E-state index contributed by atoms with van der Waals surface area (Å²) in [7, 11) is 0. The maximum Gasteiger partial charge on any atom is 0.350 e. The van der Waals surface area contributed by atoms with Gasteiger partial charge in [0.1, 0.15) is 0 Å². The van der Waals surface area contributed by atoms with Crippen LogP contribution in [-0.2, 0) is 14.3 Å². The van der Waals surface area contributed by atoms with Crippen molar-refractivity contribution < 1.29 is 19.4 Å². The molecule has 0 aromatic heterocycles. The molecule has 0 aliphatic heterocycles. The summed E-state index contributed by atoms with van der Waals surface area (Å²) in [6, 6.07) is 1.16. The van der Waals surface area contributed by atoms with Gasteiger partial charge in [-0.2, -0.15) is 5.26 Å². The van der Waals surface area contributed by atoms with E-state index in [0.717, 1.165) is 12.3 Å². The molecule has 6 heteroatoms. The van der Waals surface area contributed by atoms with Gasteiger partial charge in [0, 0.05) is 0 Å². The first-order chi connectivity index (χ1) is 6.13. The van der Waals surface area contributed by atoms with E-state index in [0.29, 0.717) is 0 Å². The van der Waals surface area contributed by atoms with Gasteiger partial charge in [0.15, 0.2) is 0 Å². The van der Waals surface area contributed by atoms with E-state index in [4.69, 9.17) is 15.6 Å². The summed E-state index contributed by atoms with van der Waals surface area (Å²) in [6.45, 7) is 4.00. The first-order valence-corrected chi connectivity index (χ1v) is 3.35. The molecule has 0 aliphatic carbocycles. The lowest BCUT2D eigenvalue weighted by molar-refractivity contribution is -0.151. The molecule has 0 saturated heterocycles. The molecule has 70 valence electrons. The van der Waals surface area contributed by atoms with Gasteiger partial charge in [0.25, 0.3) is 6.26 Å². The quantitative estimate of drug-likeness (QED) is 0.374. The minimum atomic E-state index is -1.92. The highest BCUT2D eigenvalue weighted by atomic mass is 16.5. The molecule has 1 unspecified atom stereocenters. The Morgan fingerprint density at radius 1 is 1.38 bits per heavy atom. The molecule has 1 N–H and O–H groups in total. The fourth-order valence-electron chi connectivity index (χ4n) is 0.313. The first kappa shape index (κ1) is 13.5. The maximum atomic E-state index is 10.4. The lowest BCUT2D eigenvalue weighted by Gasteiger charge is -1.95. The number of rotatable bonds is 2. The van der Waals surface area contributed by atoms with E-state index in [2.05, 4.69) is 4.74 Å². The number of nitriles is 2. The number of nitrogens with zero attached hydrogens (tertiary/aromatic N) is 2. The zero-order valence-electron chi connectivity index (χ0n) is 7.14. The topological polar surface area (TPSA) is 111 Å². The van der Waals surface area contributed by atoms with Gasteiger partial charge in [-0.3, -0.25) is 4.79 Å². The van der Waals surface area contributed by atoms with Gasteiger partial charge >= 0.3 is 11.9 Å². The van der Waals surface area contributed by atoms with Crippen LogP contribution in [0.25, 0.3) is 0 Å². The third-order valence-electron chi connectivity index (χ3n) is 0.758. The molecule has 0 amide bonds. The van der Waals surface area contributed by atoms with E-state index in [1.54, 1.807) is 0 Å². The Morgan fingerprint density at radius 3 is 2.08 bits per heavy atom. The summed E-state index contributed by atoms with van der Waals surface area (Å²) in [4.78, 5) is 20.4. The number of carboxylic acid groups (broad SMARTS) is 1. The Balaban J connectivity index is 0. The van der Waals surface area contributed by atoms with E-state index in [9.17, 15) is 9.59 Å². The molecule has 0 aromatic carbocycles. The summed E-state index contributed by atoms with van der Waals surface area (Å²) in [6.07, 6.45) is 0.973. The molecule has 0 saturated carbocycles. The van der Waals surface area contributed by atoms with Crippen molar-refractivity contribution in [2.24, 2.45) is 5.92 Å². The van der Waals surface area contributed by atoms with Crippen molar-refractivity contribution in [3.63, 3.8) is 0 Å². The molecule has 0 aromatic rings. The van der Waals surface area contributed by atoms with Crippen molar-refractivity contribution in [1.29, 1.82) is 10.5 Å². The number of carbonyl (C=O) groups excluding carboxylic acids is 1. The van der Waals surface area contributed by atoms with Gasteiger partial charge in [-0.25, -0.2) is 4.79 Å². The van der Waals surface area contributed by atoms with Crippen molar-refractivity contribution in [3.8, 4) is 12.3 Å². The smallest absolute Gasteiger partial charge is 0.350 e. The molecule has 0 heterocycles. The lowest BCUT2D eigenvalue weighted by Crippen LogP contribution is -2.22. The maximum absolute atomic E-state index is 10.4. The molecule has 6 nitrogen and oxygen atoms in total. The zero-order chi connectivity index (χ0) is 10.9. The standard InChI is InChI=1S/C5H2N2O4.C2H6/c6-1-3(4(8)9)5(10)11-2-7;1-2/h3H,(H,8,9);1-2H3. The number of aliphatic carboxylic acids is 1. The molecule has 0 fully saturated rings. The highest BCUT2D eigenvalue weighted by Gasteiger charge is 2.27. The van der Waals surface area contributed by atoms with Gasteiger partial charge in [-0.15, -0.1) is 5.26 Å². The fourth-order valence-corrected chi connectivity index (χ4v) is 0.313. The van der Waals surface area contributed by atoms with Crippen LogP contribution in [0.4, 0.5) is 0 Å². The predicted molar refractivity (Wildman–Crippen MR) is 39.8 cm³/mol. The average molecular weight is 184 g/mol. The zero-order valence-corrected chi connectivity index (χ0v) is 7.14. The molecule has 0 aliphatic rings. The van der Waals surface area contributed by atoms with Crippen LogP contribution < -0.4 is 0 Å². The van der Waals surface area contributed by atoms with Crippen LogP contribution in [0, 0.1) is 28.8 Å². The van der Waals surface area contributed by atoms with Crippen molar-refractivity contribution in [1.82, 2.24) is 0 Å². The molecule has 0 bridgehead atoms. The summed E-state index contributed by atoms with van der Waals surface area (Å²) >= 11 is 0. The van der Waals surface area contributed by atoms with Crippen molar-refractivity contribution >= 4 is 11.9 Å². The Bertz CT molecular complexity index is 261. The highest BCUT2D eigenvalue weighted by molar-refractivity contribution is 5.97. The van der Waals surface area contributed by atoms with Gasteiger partial charge in [0.2, 0.25) is 5.92 Å². The third kappa shape index (κ3) is 5.22. The largest absolute Gasteiger partial charge is 0.480 e. The van der Waals surface area contributed by atoms with Crippen LogP contribution >= 0.6 is 0 Å². The van der Waals surface area contributed by atoms with E-state index < -0.39 is 17.9 Å². The fraction of sp³-hybridized carbons (Fsp3) is 0.429. The summed E-state index contributed by atoms with van der Waals surface area (Å²) in [5.74, 6) is -4.93. The monoisotopic (exact) mass is 184 g/mol. The highest BCUT2D eigenvalue weighted by Crippen LogP contribution is 1.96. The number of hydrogen-bond acceptors (Lipinski definition) is 5. The molecular weight excluding hydrogens is 176 g/mol. The predicted octanol–water partition coefficient (Wildman–Crippen LogP) is 0.261. The van der Waals surface area contributed by atoms with E-state index in [1.165, 1.54) is 0 Å². The molecular formula is C7H8N2O4. The van der Waals surface area contributed by atoms with Gasteiger partial charge < -0.3 is 9.84 Å². The van der Waals surface area contributed by atoms with Crippen LogP contribution in [0.2, 0.25) is 0 Å². The lowest BCUT2D eigenvalue weighted by atomic mass is 10.2. The van der Waals surface area contributed by atoms with Gasteiger partial charge in [-0.1, -0.05) is 13.8 Å². The van der Waals surface area contributed by atoms with Crippen LogP contribution in [0.1, 0.15) is 13.8 Å². The van der Waals surface area contributed by atoms with Gasteiger partial charge in [-0.05, 0) is 0 Å². The molecule has 1 atom stereocenters. The third-order valence-corrected chi connectivity index (χ3v) is 0.758. The Hall–Kier alpha value is -2.08. The number of esters is 1.